The maximum absolute atomic E-state index is 4.55. The van der Waals surface area contributed by atoms with Gasteiger partial charge in [-0.15, -0.1) is 11.3 Å². The summed E-state index contributed by atoms with van der Waals surface area (Å²) < 4.78 is 0. The summed E-state index contributed by atoms with van der Waals surface area (Å²) in [5, 5.41) is 3.63. The van der Waals surface area contributed by atoms with Gasteiger partial charge in [-0.1, -0.05) is 13.0 Å². The molecule has 1 atom stereocenters. The zero-order valence-corrected chi connectivity index (χ0v) is 13.1. The lowest BCUT2D eigenvalue weighted by Crippen LogP contribution is -2.22. The molecule has 0 radical (unpaired) electrons. The average Bonchev–Trinajstić information content (AvgIpc) is 3.01. The molecule has 0 aliphatic heterocycles. The third-order valence-electron chi connectivity index (χ3n) is 4.07. The highest BCUT2D eigenvalue weighted by molar-refractivity contribution is 7.12. The first kappa shape index (κ1) is 13.8. The molecule has 1 aliphatic carbocycles. The molecule has 20 heavy (non-hydrogen) atoms. The Balaban J connectivity index is 1.83. The molecule has 2 heterocycles. The van der Waals surface area contributed by atoms with Gasteiger partial charge in [0, 0.05) is 34.1 Å². The molecule has 2 nitrogen and oxygen atoms in total. The quantitative estimate of drug-likeness (QED) is 0.903. The van der Waals surface area contributed by atoms with Crippen LogP contribution in [-0.2, 0) is 19.3 Å². The van der Waals surface area contributed by atoms with Gasteiger partial charge in [0.25, 0.3) is 0 Å². The second-order valence-electron chi connectivity index (χ2n) is 5.53. The molecule has 0 spiro atoms. The average molecular weight is 286 g/mol. The molecule has 106 valence electrons. The number of fused-ring (bicyclic) bond motifs is 1. The number of rotatable bonds is 5. The van der Waals surface area contributed by atoms with E-state index < -0.39 is 0 Å². The summed E-state index contributed by atoms with van der Waals surface area (Å²) in [5.41, 5.74) is 4.09. The lowest BCUT2D eigenvalue weighted by atomic mass is 10.0. The van der Waals surface area contributed by atoms with Crippen LogP contribution in [0, 0.1) is 6.92 Å². The van der Waals surface area contributed by atoms with Gasteiger partial charge in [-0.25, -0.2) is 0 Å². The smallest absolute Gasteiger partial charge is 0.0471 e. The number of pyridine rings is 1. The van der Waals surface area contributed by atoms with Gasteiger partial charge >= 0.3 is 0 Å². The Morgan fingerprint density at radius 3 is 3.05 bits per heavy atom. The van der Waals surface area contributed by atoms with Gasteiger partial charge in [0.2, 0.25) is 0 Å². The molecule has 0 saturated heterocycles. The first-order valence-electron chi connectivity index (χ1n) is 7.53. The fraction of sp³-hybridized carbons (Fsp3) is 0.471. The monoisotopic (exact) mass is 286 g/mol. The van der Waals surface area contributed by atoms with Crippen molar-refractivity contribution in [1.82, 2.24) is 10.3 Å². The predicted molar refractivity (Wildman–Crippen MR) is 85.4 cm³/mol. The van der Waals surface area contributed by atoms with Crippen LogP contribution in [0.15, 0.2) is 24.4 Å². The number of hydrogen-bond acceptors (Lipinski definition) is 3. The molecule has 0 saturated carbocycles. The van der Waals surface area contributed by atoms with Crippen molar-refractivity contribution in [2.45, 2.75) is 45.6 Å². The van der Waals surface area contributed by atoms with Crippen molar-refractivity contribution in [3.05, 3.63) is 51.0 Å². The fourth-order valence-corrected chi connectivity index (χ4v) is 4.30. The summed E-state index contributed by atoms with van der Waals surface area (Å²) in [4.78, 5) is 7.65. The van der Waals surface area contributed by atoms with E-state index in [0.717, 1.165) is 13.0 Å². The zero-order valence-electron chi connectivity index (χ0n) is 12.3. The van der Waals surface area contributed by atoms with Crippen LogP contribution in [0.4, 0.5) is 0 Å². The molecule has 0 amide bonds. The van der Waals surface area contributed by atoms with Crippen molar-refractivity contribution in [2.24, 2.45) is 0 Å². The maximum Gasteiger partial charge on any atom is 0.0471 e. The number of likely N-dealkylation sites (N-methyl/N-ethyl adjacent to an activating group) is 1. The Labute approximate surface area is 125 Å². The van der Waals surface area contributed by atoms with E-state index in [4.69, 9.17) is 0 Å². The number of aryl methyl sites for hydroxylation is 3. The van der Waals surface area contributed by atoms with Crippen LogP contribution in [0.3, 0.4) is 0 Å². The predicted octanol–water partition coefficient (Wildman–Crippen LogP) is 3.83. The molecule has 2 aromatic heterocycles. The van der Waals surface area contributed by atoms with Gasteiger partial charge in [-0.05, 0) is 56.0 Å². The van der Waals surface area contributed by atoms with Crippen molar-refractivity contribution in [2.75, 3.05) is 6.54 Å². The van der Waals surface area contributed by atoms with Crippen molar-refractivity contribution in [3.63, 3.8) is 0 Å². The van der Waals surface area contributed by atoms with Crippen LogP contribution < -0.4 is 5.32 Å². The van der Waals surface area contributed by atoms with E-state index in [-0.39, 0.29) is 0 Å². The lowest BCUT2D eigenvalue weighted by Gasteiger charge is -2.17. The van der Waals surface area contributed by atoms with E-state index in [2.05, 4.69) is 36.3 Å². The highest BCUT2D eigenvalue weighted by atomic mass is 32.1. The van der Waals surface area contributed by atoms with Crippen LogP contribution in [0.1, 0.15) is 46.0 Å². The third kappa shape index (κ3) is 2.79. The zero-order chi connectivity index (χ0) is 13.9. The van der Waals surface area contributed by atoms with Crippen LogP contribution >= 0.6 is 11.3 Å². The Hall–Kier alpha value is -1.19. The topological polar surface area (TPSA) is 24.9 Å². The van der Waals surface area contributed by atoms with Crippen LogP contribution in [0.2, 0.25) is 0 Å². The Bertz CT molecular complexity index is 567. The minimum Gasteiger partial charge on any atom is -0.309 e. The second-order valence-corrected chi connectivity index (χ2v) is 6.70. The van der Waals surface area contributed by atoms with E-state index in [0.29, 0.717) is 6.04 Å². The Morgan fingerprint density at radius 2 is 2.30 bits per heavy atom. The molecular weight excluding hydrogens is 264 g/mol. The molecule has 0 fully saturated rings. The third-order valence-corrected chi connectivity index (χ3v) is 5.43. The van der Waals surface area contributed by atoms with Gasteiger partial charge in [-0.2, -0.15) is 0 Å². The van der Waals surface area contributed by atoms with Gasteiger partial charge in [0.1, 0.15) is 0 Å². The van der Waals surface area contributed by atoms with E-state index in [1.54, 1.807) is 10.4 Å². The molecule has 1 N–H and O–H groups in total. The number of hydrogen-bond donors (Lipinski definition) is 1. The molecule has 3 rings (SSSR count). The van der Waals surface area contributed by atoms with Gasteiger partial charge in [-0.3, -0.25) is 4.98 Å². The highest BCUT2D eigenvalue weighted by Gasteiger charge is 2.20. The molecule has 2 aromatic rings. The summed E-state index contributed by atoms with van der Waals surface area (Å²) in [7, 11) is 0. The number of nitrogens with one attached hydrogen (secondary N) is 1. The number of nitrogens with zero attached hydrogens (tertiary/aromatic N) is 1. The van der Waals surface area contributed by atoms with Crippen LogP contribution in [0.25, 0.3) is 0 Å². The highest BCUT2D eigenvalue weighted by Crippen LogP contribution is 2.34. The Kier molecular flexibility index (Phi) is 4.18. The second kappa shape index (κ2) is 6.06. The summed E-state index contributed by atoms with van der Waals surface area (Å²) in [6.45, 7) is 5.33. The van der Waals surface area contributed by atoms with E-state index in [1.807, 2.05) is 23.6 Å². The van der Waals surface area contributed by atoms with Gasteiger partial charge < -0.3 is 5.32 Å². The summed E-state index contributed by atoms with van der Waals surface area (Å²) in [6.07, 6.45) is 6.78. The maximum atomic E-state index is 4.55. The van der Waals surface area contributed by atoms with E-state index in [9.17, 15) is 0 Å². The molecule has 0 aromatic carbocycles. The van der Waals surface area contributed by atoms with Gasteiger partial charge in [0.15, 0.2) is 0 Å². The normalized spacial score (nSPS) is 15.3. The van der Waals surface area contributed by atoms with Gasteiger partial charge in [0.05, 0.1) is 0 Å². The lowest BCUT2D eigenvalue weighted by molar-refractivity contribution is 0.550. The standard InChI is InChI=1S/C17H22N2S/c1-3-18-15(11-14-12(2)6-5-9-19-14)17-10-13-7-4-8-16(13)20-17/h5-6,9-10,15,18H,3-4,7-8,11H2,1-2H3. The summed E-state index contributed by atoms with van der Waals surface area (Å²) in [5.74, 6) is 0. The van der Waals surface area contributed by atoms with Crippen molar-refractivity contribution >= 4 is 11.3 Å². The van der Waals surface area contributed by atoms with Crippen molar-refractivity contribution < 1.29 is 0 Å². The number of thiophene rings is 1. The van der Waals surface area contributed by atoms with E-state index in [1.165, 1.54) is 35.4 Å². The number of aromatic nitrogens is 1. The fourth-order valence-electron chi connectivity index (χ4n) is 2.97. The molecule has 1 aliphatic rings. The first-order valence-corrected chi connectivity index (χ1v) is 8.35. The molecule has 1 unspecified atom stereocenters. The SMILES string of the molecule is CCNC(Cc1ncccc1C)c1cc2c(s1)CCC2. The Morgan fingerprint density at radius 1 is 1.40 bits per heavy atom. The minimum absolute atomic E-state index is 0.407. The van der Waals surface area contributed by atoms with Crippen molar-refractivity contribution in [1.29, 1.82) is 0 Å². The van der Waals surface area contributed by atoms with Crippen LogP contribution in [0.5, 0.6) is 0 Å². The molecule has 0 bridgehead atoms. The minimum atomic E-state index is 0.407. The molecular formula is C17H22N2S. The van der Waals surface area contributed by atoms with Crippen LogP contribution in [-0.4, -0.2) is 11.5 Å². The van der Waals surface area contributed by atoms with E-state index >= 15 is 0 Å². The summed E-state index contributed by atoms with van der Waals surface area (Å²) >= 11 is 2.00. The van der Waals surface area contributed by atoms with Crippen molar-refractivity contribution in [3.8, 4) is 0 Å². The molecule has 3 heteroatoms. The first-order chi connectivity index (χ1) is 9.78. The summed E-state index contributed by atoms with van der Waals surface area (Å²) in [6, 6.07) is 7.00. The largest absolute Gasteiger partial charge is 0.309 e.